The second-order valence-corrected chi connectivity index (χ2v) is 4.92. The van der Waals surface area contributed by atoms with Gasteiger partial charge in [0.1, 0.15) is 0 Å². The highest BCUT2D eigenvalue weighted by molar-refractivity contribution is 9.10. The molecule has 100 valence electrons. The van der Waals surface area contributed by atoms with Crippen molar-refractivity contribution in [3.63, 3.8) is 0 Å². The predicted octanol–water partition coefficient (Wildman–Crippen LogP) is 2.69. The Morgan fingerprint density at radius 1 is 1.42 bits per heavy atom. The first-order valence-electron chi connectivity index (χ1n) is 5.92. The Morgan fingerprint density at radius 3 is 2.84 bits per heavy atom. The number of nitrogens with zero attached hydrogens (tertiary/aromatic N) is 3. The highest BCUT2D eigenvalue weighted by Gasteiger charge is 2.21. The maximum atomic E-state index is 12.5. The lowest BCUT2D eigenvalue weighted by Crippen LogP contribution is -2.12. The van der Waals surface area contributed by atoms with Crippen LogP contribution in [0.2, 0.25) is 0 Å². The van der Waals surface area contributed by atoms with E-state index >= 15 is 0 Å². The molecule has 6 heteroatoms. The Bertz CT molecular complexity index is 595. The van der Waals surface area contributed by atoms with Gasteiger partial charge < -0.3 is 4.74 Å². The molecule has 5 nitrogen and oxygen atoms in total. The first-order chi connectivity index (χ1) is 9.17. The lowest BCUT2D eigenvalue weighted by Gasteiger charge is -2.07. The van der Waals surface area contributed by atoms with Gasteiger partial charge >= 0.3 is 0 Å². The summed E-state index contributed by atoms with van der Waals surface area (Å²) < 4.78 is 7.64. The van der Waals surface area contributed by atoms with Gasteiger partial charge in [-0.15, -0.1) is 0 Å². The minimum Gasteiger partial charge on any atom is -0.493 e. The van der Waals surface area contributed by atoms with Crippen molar-refractivity contribution < 1.29 is 9.53 Å². The van der Waals surface area contributed by atoms with Gasteiger partial charge in [-0.05, 0) is 28.4 Å². The van der Waals surface area contributed by atoms with Crippen LogP contribution in [0.4, 0.5) is 0 Å². The van der Waals surface area contributed by atoms with Crippen LogP contribution in [0.1, 0.15) is 29.4 Å². The molecule has 0 N–H and O–H groups in total. The average Bonchev–Trinajstić information content (AvgIpc) is 2.81. The molecule has 0 saturated heterocycles. The molecule has 0 bridgehead atoms. The minimum absolute atomic E-state index is 0.142. The van der Waals surface area contributed by atoms with Crippen molar-refractivity contribution in [2.24, 2.45) is 0 Å². The van der Waals surface area contributed by atoms with E-state index < -0.39 is 0 Å². The SMILES string of the molecule is CCCn1ncc(OC)c1C(=O)c1cncc(Br)c1. The highest BCUT2D eigenvalue weighted by Crippen LogP contribution is 2.22. The van der Waals surface area contributed by atoms with Crippen LogP contribution in [0.5, 0.6) is 5.75 Å². The van der Waals surface area contributed by atoms with E-state index in [0.717, 1.165) is 10.9 Å². The van der Waals surface area contributed by atoms with Crippen molar-refractivity contribution in [2.45, 2.75) is 19.9 Å². The molecule has 0 saturated carbocycles. The van der Waals surface area contributed by atoms with Crippen LogP contribution in [0, 0.1) is 0 Å². The normalized spacial score (nSPS) is 10.5. The lowest BCUT2D eigenvalue weighted by atomic mass is 10.1. The number of carbonyl (C=O) groups is 1. The number of hydrogen-bond donors (Lipinski definition) is 0. The van der Waals surface area contributed by atoms with Crippen LogP contribution in [-0.4, -0.2) is 27.7 Å². The zero-order valence-electron chi connectivity index (χ0n) is 10.8. The Morgan fingerprint density at radius 2 is 2.21 bits per heavy atom. The van der Waals surface area contributed by atoms with Crippen molar-refractivity contribution in [3.05, 3.63) is 40.4 Å². The summed E-state index contributed by atoms with van der Waals surface area (Å²) in [5.74, 6) is 0.343. The number of hydrogen-bond acceptors (Lipinski definition) is 4. The second-order valence-electron chi connectivity index (χ2n) is 4.01. The van der Waals surface area contributed by atoms with E-state index in [1.807, 2.05) is 6.92 Å². The number of ketones is 1. The Hall–Kier alpha value is -1.69. The molecule has 2 rings (SSSR count). The Kier molecular flexibility index (Phi) is 4.31. The van der Waals surface area contributed by atoms with Crippen LogP contribution in [0.3, 0.4) is 0 Å². The van der Waals surface area contributed by atoms with E-state index in [1.54, 1.807) is 23.1 Å². The maximum Gasteiger partial charge on any atom is 0.216 e. The fraction of sp³-hybridized carbons (Fsp3) is 0.308. The van der Waals surface area contributed by atoms with Crippen LogP contribution in [-0.2, 0) is 6.54 Å². The van der Waals surface area contributed by atoms with Crippen LogP contribution >= 0.6 is 15.9 Å². The summed E-state index contributed by atoms with van der Waals surface area (Å²) in [7, 11) is 1.53. The van der Waals surface area contributed by atoms with Crippen molar-refractivity contribution in [1.29, 1.82) is 0 Å². The first kappa shape index (κ1) is 13.7. The standard InChI is InChI=1S/C13H14BrN3O2/c1-3-4-17-12(11(19-2)8-16-17)13(18)9-5-10(14)7-15-6-9/h5-8H,3-4H2,1-2H3. The molecule has 0 fully saturated rings. The fourth-order valence-corrected chi connectivity index (χ4v) is 2.17. The lowest BCUT2D eigenvalue weighted by molar-refractivity contribution is 0.102. The summed E-state index contributed by atoms with van der Waals surface area (Å²) in [5, 5.41) is 4.18. The van der Waals surface area contributed by atoms with E-state index in [9.17, 15) is 4.79 Å². The van der Waals surface area contributed by atoms with E-state index in [4.69, 9.17) is 4.74 Å². The van der Waals surface area contributed by atoms with Gasteiger partial charge in [-0.25, -0.2) is 0 Å². The Labute approximate surface area is 119 Å². The predicted molar refractivity (Wildman–Crippen MR) is 74.4 cm³/mol. The molecular formula is C13H14BrN3O2. The molecule has 0 aliphatic heterocycles. The molecule has 2 heterocycles. The largest absolute Gasteiger partial charge is 0.493 e. The number of rotatable bonds is 5. The molecular weight excluding hydrogens is 310 g/mol. The van der Waals surface area contributed by atoms with E-state index in [1.165, 1.54) is 13.3 Å². The molecule has 0 spiro atoms. The monoisotopic (exact) mass is 323 g/mol. The summed E-state index contributed by atoms with van der Waals surface area (Å²) in [6.45, 7) is 2.70. The van der Waals surface area contributed by atoms with E-state index in [-0.39, 0.29) is 5.78 Å². The number of methoxy groups -OCH3 is 1. The molecule has 0 aromatic carbocycles. The average molecular weight is 324 g/mol. The van der Waals surface area contributed by atoms with Gasteiger partial charge in [-0.2, -0.15) is 5.10 Å². The third-order valence-corrected chi connectivity index (χ3v) is 3.08. The second kappa shape index (κ2) is 5.97. The fourth-order valence-electron chi connectivity index (χ4n) is 1.80. The Balaban J connectivity index is 2.45. The third-order valence-electron chi connectivity index (χ3n) is 2.64. The number of ether oxygens (including phenoxy) is 1. The topological polar surface area (TPSA) is 57.0 Å². The number of aromatic nitrogens is 3. The molecule has 2 aromatic heterocycles. The van der Waals surface area contributed by atoms with Gasteiger partial charge in [0.15, 0.2) is 11.4 Å². The van der Waals surface area contributed by atoms with Crippen molar-refractivity contribution in [2.75, 3.05) is 7.11 Å². The molecule has 0 amide bonds. The van der Waals surface area contributed by atoms with Gasteiger partial charge in [0.05, 0.1) is 13.3 Å². The smallest absolute Gasteiger partial charge is 0.216 e. The van der Waals surface area contributed by atoms with E-state index in [2.05, 4.69) is 26.0 Å². The van der Waals surface area contributed by atoms with Crippen molar-refractivity contribution in [1.82, 2.24) is 14.8 Å². The molecule has 0 aliphatic rings. The van der Waals surface area contributed by atoms with Crippen molar-refractivity contribution >= 4 is 21.7 Å². The summed E-state index contributed by atoms with van der Waals surface area (Å²) in [6, 6.07) is 1.73. The van der Waals surface area contributed by atoms with Gasteiger partial charge in [0.2, 0.25) is 5.78 Å². The zero-order chi connectivity index (χ0) is 13.8. The van der Waals surface area contributed by atoms with Gasteiger partial charge in [0, 0.05) is 29.0 Å². The van der Waals surface area contributed by atoms with Gasteiger partial charge in [-0.1, -0.05) is 6.92 Å². The van der Waals surface area contributed by atoms with E-state index in [0.29, 0.717) is 23.6 Å². The summed E-state index contributed by atoms with van der Waals surface area (Å²) in [5.41, 5.74) is 0.967. The summed E-state index contributed by atoms with van der Waals surface area (Å²) >= 11 is 3.31. The number of aryl methyl sites for hydroxylation is 1. The summed E-state index contributed by atoms with van der Waals surface area (Å²) in [6.07, 6.45) is 5.63. The number of halogens is 1. The number of carbonyl (C=O) groups excluding carboxylic acids is 1. The first-order valence-corrected chi connectivity index (χ1v) is 6.71. The van der Waals surface area contributed by atoms with Crippen LogP contribution < -0.4 is 4.74 Å². The molecule has 0 atom stereocenters. The molecule has 0 radical (unpaired) electrons. The third kappa shape index (κ3) is 2.84. The van der Waals surface area contributed by atoms with Crippen LogP contribution in [0.15, 0.2) is 29.1 Å². The van der Waals surface area contributed by atoms with Gasteiger partial charge in [0.25, 0.3) is 0 Å². The molecule has 0 aliphatic carbocycles. The highest BCUT2D eigenvalue weighted by atomic mass is 79.9. The molecule has 0 unspecified atom stereocenters. The number of pyridine rings is 1. The molecule has 19 heavy (non-hydrogen) atoms. The quantitative estimate of drug-likeness (QED) is 0.794. The van der Waals surface area contributed by atoms with Crippen LogP contribution in [0.25, 0.3) is 0 Å². The summed E-state index contributed by atoms with van der Waals surface area (Å²) in [4.78, 5) is 16.5. The maximum absolute atomic E-state index is 12.5. The van der Waals surface area contributed by atoms with Gasteiger partial charge in [-0.3, -0.25) is 14.5 Å². The zero-order valence-corrected chi connectivity index (χ0v) is 12.3. The molecule has 2 aromatic rings. The minimum atomic E-state index is -0.142. The van der Waals surface area contributed by atoms with Crippen molar-refractivity contribution in [3.8, 4) is 5.75 Å².